The first kappa shape index (κ1) is 41.6. The maximum absolute atomic E-state index is 13.8. The highest BCUT2D eigenvalue weighted by molar-refractivity contribution is 7.80. The van der Waals surface area contributed by atoms with Gasteiger partial charge >= 0.3 is 0 Å². The highest BCUT2D eigenvalue weighted by Crippen LogP contribution is 2.37. The van der Waals surface area contributed by atoms with Gasteiger partial charge in [-0.1, -0.05) is 177 Å². The Hall–Kier alpha value is -7.36. The van der Waals surface area contributed by atoms with Gasteiger partial charge in [-0.2, -0.15) is 0 Å². The Morgan fingerprint density at radius 3 is 1.06 bits per heavy atom. The molecule has 0 radical (unpaired) electrons. The summed E-state index contributed by atoms with van der Waals surface area (Å²) in [6.45, 7) is 2.17. The smallest absolute Gasteiger partial charge is 0.255 e. The molecule has 0 aliphatic rings. The number of para-hydroxylation sites is 2. The number of fused-ring (bicyclic) bond motifs is 2. The summed E-state index contributed by atoms with van der Waals surface area (Å²) in [4.78, 5) is 34.9. The summed E-state index contributed by atoms with van der Waals surface area (Å²) in [6.07, 6.45) is 0.824. The molecule has 0 spiro atoms. The molecule has 10 rings (SSSR count). The number of nitrogens with one attached hydrogen (secondary N) is 4. The minimum absolute atomic E-state index is 0.00947. The molecule has 0 saturated heterocycles. The molecule has 0 fully saturated rings. The Bertz CT molecular complexity index is 2930. The van der Waals surface area contributed by atoms with E-state index in [4.69, 9.17) is 0 Å². The summed E-state index contributed by atoms with van der Waals surface area (Å²) in [5.41, 5.74) is 6.45. The summed E-state index contributed by atoms with van der Waals surface area (Å²) >= 11 is 0. The van der Waals surface area contributed by atoms with Crippen molar-refractivity contribution < 1.29 is 9.59 Å². The van der Waals surface area contributed by atoms with Crippen LogP contribution in [0.2, 0.25) is 0 Å². The van der Waals surface area contributed by atoms with Crippen LogP contribution in [-0.4, -0.2) is 21.8 Å². The maximum atomic E-state index is 13.8. The van der Waals surface area contributed by atoms with Crippen molar-refractivity contribution in [2.75, 3.05) is 10.6 Å². The van der Waals surface area contributed by atoms with E-state index < -0.39 is 15.8 Å². The van der Waals surface area contributed by atoms with Crippen molar-refractivity contribution in [3.8, 4) is 0 Å². The second kappa shape index (κ2) is 18.8. The molecule has 4 N–H and O–H groups in total. The van der Waals surface area contributed by atoms with Crippen molar-refractivity contribution in [2.45, 2.75) is 19.3 Å². The molecule has 0 unspecified atom stereocenters. The van der Waals surface area contributed by atoms with Crippen LogP contribution in [0.1, 0.15) is 51.4 Å². The van der Waals surface area contributed by atoms with Gasteiger partial charge in [-0.05, 0) is 103 Å². The Kier molecular flexibility index (Phi) is 12.0. The summed E-state index contributed by atoms with van der Waals surface area (Å²) in [6, 6.07) is 74.6. The minimum Gasteiger partial charge on any atom is -0.356 e. The lowest BCUT2D eigenvalue weighted by molar-refractivity contribution is 0.101. The Labute approximate surface area is 381 Å². The number of carbonyl (C=O) groups excluding carboxylic acids is 2. The van der Waals surface area contributed by atoms with Gasteiger partial charge in [0.1, 0.15) is 0 Å². The number of rotatable bonds is 13. The molecule has 0 saturated carbocycles. The molecule has 8 heteroatoms. The van der Waals surface area contributed by atoms with Crippen LogP contribution in [0.25, 0.3) is 21.8 Å². The highest BCUT2D eigenvalue weighted by atomic mass is 31.1. The summed E-state index contributed by atoms with van der Waals surface area (Å²) in [5, 5.41) is 15.8. The van der Waals surface area contributed by atoms with Crippen LogP contribution in [0.4, 0.5) is 11.4 Å². The van der Waals surface area contributed by atoms with Crippen molar-refractivity contribution >= 4 is 92.7 Å². The largest absolute Gasteiger partial charge is 0.356 e. The molecular formula is C57H46N4O2P2. The monoisotopic (exact) mass is 880 g/mol. The van der Waals surface area contributed by atoms with Gasteiger partial charge in [-0.25, -0.2) is 0 Å². The number of benzene rings is 8. The molecule has 0 atom stereocenters. The van der Waals surface area contributed by atoms with Gasteiger partial charge in [0.05, 0.1) is 22.4 Å². The van der Waals surface area contributed by atoms with Crippen LogP contribution in [0, 0.1) is 0 Å². The zero-order valence-electron chi connectivity index (χ0n) is 35.8. The van der Waals surface area contributed by atoms with Crippen LogP contribution in [0.3, 0.4) is 0 Å². The second-order valence-electron chi connectivity index (χ2n) is 16.0. The summed E-state index contributed by atoms with van der Waals surface area (Å²) in [5.74, 6) is -0.321. The van der Waals surface area contributed by atoms with E-state index in [9.17, 15) is 9.59 Å². The quantitative estimate of drug-likeness (QED) is 0.0869. The molecule has 0 bridgehead atoms. The van der Waals surface area contributed by atoms with Gasteiger partial charge in [-0.3, -0.25) is 9.59 Å². The average molecular weight is 881 g/mol. The van der Waals surface area contributed by atoms with Crippen molar-refractivity contribution in [3.63, 3.8) is 0 Å². The molecule has 10 aromatic rings. The van der Waals surface area contributed by atoms with Crippen molar-refractivity contribution in [1.29, 1.82) is 0 Å². The van der Waals surface area contributed by atoms with Crippen LogP contribution in [0.5, 0.6) is 0 Å². The molecule has 6 nitrogen and oxygen atoms in total. The van der Waals surface area contributed by atoms with Crippen LogP contribution < -0.4 is 42.5 Å². The zero-order valence-corrected chi connectivity index (χ0v) is 37.6. The predicted molar refractivity (Wildman–Crippen MR) is 275 cm³/mol. The number of anilines is 2. The third-order valence-electron chi connectivity index (χ3n) is 11.8. The van der Waals surface area contributed by atoms with Gasteiger partial charge in [0.25, 0.3) is 11.8 Å². The topological polar surface area (TPSA) is 89.8 Å². The molecule has 2 amide bonds. The van der Waals surface area contributed by atoms with Crippen LogP contribution >= 0.6 is 15.8 Å². The SMILES string of the molecule is CCC(c1cc2cccc(NC(=O)c3ccc(P(c4ccccc4)c4ccccc4)cc3)c2[nH]1)c1cc2cccc(NC(=O)c3ccc(P(c4ccccc4)c4ccccc4)cc3)c2[nH]1. The lowest BCUT2D eigenvalue weighted by Crippen LogP contribution is -2.21. The number of amides is 2. The van der Waals surface area contributed by atoms with E-state index in [0.717, 1.165) is 51.0 Å². The fraction of sp³-hybridized carbons (Fsp3) is 0.0526. The van der Waals surface area contributed by atoms with Gasteiger partial charge in [-0.15, -0.1) is 0 Å². The summed E-state index contributed by atoms with van der Waals surface area (Å²) in [7, 11) is -1.54. The van der Waals surface area contributed by atoms with E-state index in [2.05, 4.69) is 173 Å². The molecule has 2 heterocycles. The maximum Gasteiger partial charge on any atom is 0.255 e. The van der Waals surface area contributed by atoms with Crippen molar-refractivity contribution in [2.24, 2.45) is 0 Å². The number of hydrogen-bond donors (Lipinski definition) is 4. The minimum atomic E-state index is -0.770. The molecule has 65 heavy (non-hydrogen) atoms. The van der Waals surface area contributed by atoms with Gasteiger partial charge in [0, 0.05) is 39.2 Å². The Morgan fingerprint density at radius 2 is 0.738 bits per heavy atom. The predicted octanol–water partition coefficient (Wildman–Crippen LogP) is 11.2. The first-order chi connectivity index (χ1) is 32.0. The third-order valence-corrected chi connectivity index (χ3v) is 16.7. The second-order valence-corrected chi connectivity index (χ2v) is 20.4. The zero-order chi connectivity index (χ0) is 44.1. The van der Waals surface area contributed by atoms with Crippen LogP contribution in [0.15, 0.2) is 218 Å². The fourth-order valence-corrected chi connectivity index (χ4v) is 13.2. The van der Waals surface area contributed by atoms with Crippen molar-refractivity contribution in [1.82, 2.24) is 9.97 Å². The van der Waals surface area contributed by atoms with E-state index in [1.807, 2.05) is 72.8 Å². The number of H-pyrrole nitrogens is 2. The lowest BCUT2D eigenvalue weighted by atomic mass is 9.98. The normalized spacial score (nSPS) is 11.4. The van der Waals surface area contributed by atoms with E-state index in [1.54, 1.807) is 0 Å². The standard InChI is InChI=1S/C57H46N4O2P2/c1-2-49(52-37-41-17-15-27-50(54(41)58-52)60-56(62)39-29-33-47(34-30-39)64(43-19-7-3-8-20-43)44-21-9-4-10-22-44)53-38-42-18-16-28-51(55(42)59-53)61-57(63)40-31-35-48(36-32-40)65(45-23-11-5-12-24-45)46-25-13-6-14-26-46/h3-38,49,58-59H,2H2,1H3,(H,60,62)(H,61,63). The molecular weight excluding hydrogens is 835 g/mol. The molecule has 0 aliphatic carbocycles. The molecule has 316 valence electrons. The highest BCUT2D eigenvalue weighted by Gasteiger charge is 2.22. The number of carbonyl (C=O) groups is 2. The average Bonchev–Trinajstić information content (AvgIpc) is 4.00. The fourth-order valence-electron chi connectivity index (χ4n) is 8.66. The number of hydrogen-bond acceptors (Lipinski definition) is 2. The summed E-state index contributed by atoms with van der Waals surface area (Å²) < 4.78 is 0. The lowest BCUT2D eigenvalue weighted by Gasteiger charge is -2.19. The first-order valence-electron chi connectivity index (χ1n) is 21.9. The van der Waals surface area contributed by atoms with Gasteiger partial charge < -0.3 is 20.6 Å². The number of aromatic amines is 2. The van der Waals surface area contributed by atoms with Crippen LogP contribution in [-0.2, 0) is 0 Å². The molecule has 8 aromatic carbocycles. The van der Waals surface area contributed by atoms with Gasteiger partial charge in [0.15, 0.2) is 0 Å². The Balaban J connectivity index is 0.863. The molecule has 0 aliphatic heterocycles. The van der Waals surface area contributed by atoms with E-state index in [-0.39, 0.29) is 17.7 Å². The van der Waals surface area contributed by atoms with Crippen molar-refractivity contribution in [3.05, 3.63) is 241 Å². The van der Waals surface area contributed by atoms with E-state index >= 15 is 0 Å². The van der Waals surface area contributed by atoms with Gasteiger partial charge in [0.2, 0.25) is 0 Å². The van der Waals surface area contributed by atoms with E-state index in [0.29, 0.717) is 11.1 Å². The van der Waals surface area contributed by atoms with E-state index in [1.165, 1.54) is 31.8 Å². The molecule has 2 aromatic heterocycles. The number of aromatic nitrogens is 2. The first-order valence-corrected chi connectivity index (χ1v) is 24.6. The third kappa shape index (κ3) is 8.80. The Morgan fingerprint density at radius 1 is 0.415 bits per heavy atom.